The molecule has 0 unspecified atom stereocenters. The van der Waals surface area contributed by atoms with E-state index >= 15 is 0 Å². The zero-order valence-corrected chi connectivity index (χ0v) is 17.6. The lowest BCUT2D eigenvalue weighted by molar-refractivity contribution is 0.587. The summed E-state index contributed by atoms with van der Waals surface area (Å²) < 4.78 is 54.5. The fourth-order valence-electron chi connectivity index (χ4n) is 3.62. The monoisotopic (exact) mass is 430 g/mol. The van der Waals surface area contributed by atoms with E-state index in [0.717, 1.165) is 16.3 Å². The van der Waals surface area contributed by atoms with Crippen LogP contribution in [0.25, 0.3) is 10.8 Å². The number of sulfonamides is 2. The molecule has 0 bridgehead atoms. The molecule has 0 radical (unpaired) electrons. The molecule has 0 spiro atoms. The molecule has 0 saturated carbocycles. The van der Waals surface area contributed by atoms with E-state index in [4.69, 9.17) is 0 Å². The number of nitrogens with zero attached hydrogens (tertiary/aromatic N) is 1. The summed E-state index contributed by atoms with van der Waals surface area (Å²) in [6.07, 6.45) is 1.41. The topological polar surface area (TPSA) is 83.6 Å². The molecule has 3 aromatic rings. The Bertz CT molecular complexity index is 1290. The van der Waals surface area contributed by atoms with E-state index in [2.05, 4.69) is 4.72 Å². The third-order valence-corrected chi connectivity index (χ3v) is 8.30. The Balaban J connectivity index is 1.65. The lowest BCUT2D eigenvalue weighted by atomic mass is 10.0. The smallest absolute Gasteiger partial charge is 0.261 e. The number of nitrogens with one attached hydrogen (secondary N) is 1. The fourth-order valence-corrected chi connectivity index (χ4v) is 5.90. The number of hydrogen-bond acceptors (Lipinski definition) is 4. The van der Waals surface area contributed by atoms with Crippen molar-refractivity contribution in [3.8, 4) is 0 Å². The molecule has 0 aliphatic carbocycles. The summed E-state index contributed by atoms with van der Waals surface area (Å²) in [5, 5.41) is 1.82. The van der Waals surface area contributed by atoms with Crippen LogP contribution in [0.4, 0.5) is 11.4 Å². The van der Waals surface area contributed by atoms with Crippen LogP contribution in [0.15, 0.2) is 65.6 Å². The van der Waals surface area contributed by atoms with Crippen LogP contribution in [0.2, 0.25) is 0 Å². The first-order chi connectivity index (χ1) is 13.8. The van der Waals surface area contributed by atoms with Crippen LogP contribution >= 0.6 is 0 Å². The maximum absolute atomic E-state index is 12.9. The summed E-state index contributed by atoms with van der Waals surface area (Å²) in [6, 6.07) is 17.6. The Labute approximate surface area is 171 Å². The van der Waals surface area contributed by atoms with Gasteiger partial charge in [0.25, 0.3) is 10.0 Å². The molecule has 152 valence electrons. The average molecular weight is 431 g/mol. The highest BCUT2D eigenvalue weighted by atomic mass is 32.2. The van der Waals surface area contributed by atoms with Gasteiger partial charge in [-0.2, -0.15) is 0 Å². The molecular weight excluding hydrogens is 408 g/mol. The van der Waals surface area contributed by atoms with E-state index < -0.39 is 20.0 Å². The highest BCUT2D eigenvalue weighted by Gasteiger charge is 2.26. The fraction of sp³-hybridized carbons (Fsp3) is 0.238. The number of rotatable bonds is 5. The Morgan fingerprint density at radius 3 is 2.45 bits per heavy atom. The van der Waals surface area contributed by atoms with Gasteiger partial charge in [0.05, 0.1) is 16.3 Å². The lowest BCUT2D eigenvalue weighted by Gasteiger charge is -2.30. The molecule has 8 heteroatoms. The molecule has 1 heterocycles. The van der Waals surface area contributed by atoms with E-state index in [1.54, 1.807) is 43.3 Å². The van der Waals surface area contributed by atoms with E-state index in [-0.39, 0.29) is 10.6 Å². The highest BCUT2D eigenvalue weighted by Crippen LogP contribution is 2.32. The molecule has 0 saturated heterocycles. The zero-order valence-electron chi connectivity index (χ0n) is 16.0. The molecule has 0 aromatic heterocycles. The molecule has 0 amide bonds. The Morgan fingerprint density at radius 1 is 0.931 bits per heavy atom. The van der Waals surface area contributed by atoms with Gasteiger partial charge in [-0.3, -0.25) is 9.03 Å². The number of anilines is 2. The van der Waals surface area contributed by atoms with Gasteiger partial charge in [0.2, 0.25) is 10.0 Å². The summed E-state index contributed by atoms with van der Waals surface area (Å²) >= 11 is 0. The van der Waals surface area contributed by atoms with Crippen LogP contribution in [-0.2, 0) is 26.5 Å². The predicted octanol–water partition coefficient (Wildman–Crippen LogP) is 3.74. The summed E-state index contributed by atoms with van der Waals surface area (Å²) in [5.41, 5.74) is 1.88. The normalized spacial score (nSPS) is 14.6. The van der Waals surface area contributed by atoms with Gasteiger partial charge in [0.15, 0.2) is 0 Å². The Kier molecular flexibility index (Phi) is 5.00. The second-order valence-electron chi connectivity index (χ2n) is 7.03. The van der Waals surface area contributed by atoms with Crippen molar-refractivity contribution >= 4 is 42.2 Å². The first kappa shape index (κ1) is 19.7. The van der Waals surface area contributed by atoms with Crippen molar-refractivity contribution in [3.63, 3.8) is 0 Å². The molecule has 1 aliphatic heterocycles. The lowest BCUT2D eigenvalue weighted by Crippen LogP contribution is -2.36. The molecule has 6 nitrogen and oxygen atoms in total. The predicted molar refractivity (Wildman–Crippen MR) is 116 cm³/mol. The minimum Gasteiger partial charge on any atom is -0.280 e. The third-order valence-electron chi connectivity index (χ3n) is 5.14. The number of hydrogen-bond donors (Lipinski definition) is 1. The zero-order chi connectivity index (χ0) is 20.6. The Hall–Kier alpha value is -2.58. The summed E-state index contributed by atoms with van der Waals surface area (Å²) in [6.45, 7) is 2.07. The maximum Gasteiger partial charge on any atom is 0.261 e. The highest BCUT2D eigenvalue weighted by molar-refractivity contribution is 7.93. The first-order valence-corrected chi connectivity index (χ1v) is 12.5. The van der Waals surface area contributed by atoms with Gasteiger partial charge in [-0.25, -0.2) is 16.8 Å². The van der Waals surface area contributed by atoms with Crippen LogP contribution in [0.5, 0.6) is 0 Å². The number of aryl methyl sites for hydroxylation is 1. The van der Waals surface area contributed by atoms with Gasteiger partial charge in [-0.1, -0.05) is 30.3 Å². The van der Waals surface area contributed by atoms with E-state index in [0.29, 0.717) is 30.8 Å². The third kappa shape index (κ3) is 3.82. The van der Waals surface area contributed by atoms with E-state index in [9.17, 15) is 16.8 Å². The molecule has 1 aliphatic rings. The van der Waals surface area contributed by atoms with Crippen molar-refractivity contribution in [2.75, 3.05) is 21.3 Å². The van der Waals surface area contributed by atoms with Crippen LogP contribution < -0.4 is 9.03 Å². The van der Waals surface area contributed by atoms with E-state index in [1.807, 2.05) is 24.3 Å². The minimum absolute atomic E-state index is 0.0305. The van der Waals surface area contributed by atoms with Gasteiger partial charge < -0.3 is 0 Å². The molecule has 1 N–H and O–H groups in total. The molecule has 0 atom stereocenters. The second kappa shape index (κ2) is 7.35. The van der Waals surface area contributed by atoms with Gasteiger partial charge >= 0.3 is 0 Å². The van der Waals surface area contributed by atoms with Crippen molar-refractivity contribution in [2.45, 2.75) is 24.7 Å². The van der Waals surface area contributed by atoms with Crippen LogP contribution in [-0.4, -0.2) is 29.1 Å². The van der Waals surface area contributed by atoms with Gasteiger partial charge in [-0.05, 0) is 66.4 Å². The molecular formula is C21H22N2O4S2. The second-order valence-corrected chi connectivity index (χ2v) is 10.9. The van der Waals surface area contributed by atoms with Crippen molar-refractivity contribution in [1.29, 1.82) is 0 Å². The quantitative estimate of drug-likeness (QED) is 0.668. The number of benzene rings is 3. The summed E-state index contributed by atoms with van der Waals surface area (Å²) in [5.74, 6) is 0.0305. The van der Waals surface area contributed by atoms with Crippen LogP contribution in [0.1, 0.15) is 18.9 Å². The van der Waals surface area contributed by atoms with Crippen LogP contribution in [0.3, 0.4) is 0 Å². The maximum atomic E-state index is 12.9. The molecule has 4 rings (SSSR count). The van der Waals surface area contributed by atoms with Crippen molar-refractivity contribution in [3.05, 3.63) is 66.2 Å². The molecule has 3 aromatic carbocycles. The summed E-state index contributed by atoms with van der Waals surface area (Å²) in [7, 11) is -7.11. The Morgan fingerprint density at radius 2 is 1.69 bits per heavy atom. The van der Waals surface area contributed by atoms with Gasteiger partial charge in [0, 0.05) is 12.2 Å². The van der Waals surface area contributed by atoms with Crippen molar-refractivity contribution in [2.24, 2.45) is 0 Å². The summed E-state index contributed by atoms with van der Waals surface area (Å²) in [4.78, 5) is 0.184. The average Bonchev–Trinajstić information content (AvgIpc) is 2.72. The first-order valence-electron chi connectivity index (χ1n) is 9.45. The standard InChI is InChI=1S/C21H22N2O4S2/c1-2-28(24,25)23-13-5-8-18-14-19(10-12-21(18)23)22-29(26,27)20-11-9-16-6-3-4-7-17(16)15-20/h3-4,6-7,9-12,14-15,22H,2,5,8,13H2,1H3. The molecule has 0 fully saturated rings. The number of fused-ring (bicyclic) bond motifs is 2. The van der Waals surface area contributed by atoms with Gasteiger partial charge in [0.1, 0.15) is 0 Å². The van der Waals surface area contributed by atoms with Gasteiger partial charge in [-0.15, -0.1) is 0 Å². The van der Waals surface area contributed by atoms with E-state index in [1.165, 1.54) is 4.31 Å². The van der Waals surface area contributed by atoms with Crippen molar-refractivity contribution in [1.82, 2.24) is 0 Å². The minimum atomic E-state index is -3.76. The largest absolute Gasteiger partial charge is 0.280 e. The molecule has 29 heavy (non-hydrogen) atoms. The van der Waals surface area contributed by atoms with Crippen LogP contribution in [0, 0.1) is 0 Å². The van der Waals surface area contributed by atoms with Crippen molar-refractivity contribution < 1.29 is 16.8 Å². The SMILES string of the molecule is CCS(=O)(=O)N1CCCc2cc(NS(=O)(=O)c3ccc4ccccc4c3)ccc21.